The largest absolute Gasteiger partial charge is 0.494 e. The zero-order valence-electron chi connectivity index (χ0n) is 10.7. The fourth-order valence-electron chi connectivity index (χ4n) is 1.58. The summed E-state index contributed by atoms with van der Waals surface area (Å²) in [4.78, 5) is 0. The van der Waals surface area contributed by atoms with Gasteiger partial charge >= 0.3 is 0 Å². The predicted molar refractivity (Wildman–Crippen MR) is 70.8 cm³/mol. The van der Waals surface area contributed by atoms with Crippen LogP contribution in [0.5, 0.6) is 5.75 Å². The molecule has 1 unspecified atom stereocenters. The molecular formula is C13H19ClFNO2. The van der Waals surface area contributed by atoms with Crippen molar-refractivity contribution in [1.82, 2.24) is 5.32 Å². The van der Waals surface area contributed by atoms with Crippen LogP contribution in [0.2, 0.25) is 0 Å². The van der Waals surface area contributed by atoms with Crippen LogP contribution < -0.4 is 10.1 Å². The predicted octanol–water partition coefficient (Wildman–Crippen LogP) is 2.57. The van der Waals surface area contributed by atoms with Gasteiger partial charge in [-0.15, -0.1) is 11.6 Å². The van der Waals surface area contributed by atoms with Gasteiger partial charge in [-0.25, -0.2) is 4.39 Å². The molecule has 1 N–H and O–H groups in total. The zero-order chi connectivity index (χ0) is 13.4. The molecule has 0 aliphatic rings. The zero-order valence-corrected chi connectivity index (χ0v) is 11.5. The smallest absolute Gasteiger partial charge is 0.165 e. The van der Waals surface area contributed by atoms with E-state index in [1.54, 1.807) is 13.2 Å². The van der Waals surface area contributed by atoms with Crippen molar-refractivity contribution in [3.8, 4) is 5.75 Å². The van der Waals surface area contributed by atoms with Crippen molar-refractivity contribution in [3.63, 3.8) is 0 Å². The highest BCUT2D eigenvalue weighted by Gasteiger charge is 2.05. The van der Waals surface area contributed by atoms with E-state index < -0.39 is 0 Å². The van der Waals surface area contributed by atoms with Crippen LogP contribution in [-0.2, 0) is 11.3 Å². The molecule has 0 heterocycles. The molecule has 0 aliphatic heterocycles. The monoisotopic (exact) mass is 275 g/mol. The van der Waals surface area contributed by atoms with Crippen LogP contribution in [0.4, 0.5) is 4.39 Å². The van der Waals surface area contributed by atoms with Gasteiger partial charge in [-0.2, -0.15) is 0 Å². The number of methoxy groups -OCH3 is 2. The first-order valence-electron chi connectivity index (χ1n) is 5.83. The minimum atomic E-state index is -0.341. The molecule has 18 heavy (non-hydrogen) atoms. The van der Waals surface area contributed by atoms with Crippen molar-refractivity contribution >= 4 is 11.6 Å². The second-order valence-electron chi connectivity index (χ2n) is 3.99. The van der Waals surface area contributed by atoms with Crippen molar-refractivity contribution in [2.75, 3.05) is 27.4 Å². The Morgan fingerprint density at radius 1 is 1.39 bits per heavy atom. The lowest BCUT2D eigenvalue weighted by Gasteiger charge is -2.10. The number of hydrogen-bond acceptors (Lipinski definition) is 3. The molecule has 1 atom stereocenters. The van der Waals surface area contributed by atoms with Crippen molar-refractivity contribution < 1.29 is 13.9 Å². The molecule has 102 valence electrons. The minimum absolute atomic E-state index is 0.00936. The van der Waals surface area contributed by atoms with Crippen molar-refractivity contribution in [1.29, 1.82) is 0 Å². The lowest BCUT2D eigenvalue weighted by molar-refractivity contribution is 0.195. The fraction of sp³-hybridized carbons (Fsp3) is 0.538. The number of benzene rings is 1. The van der Waals surface area contributed by atoms with Crippen LogP contribution in [0.1, 0.15) is 12.0 Å². The highest BCUT2D eigenvalue weighted by molar-refractivity contribution is 6.20. The molecule has 1 rings (SSSR count). The third-order valence-corrected chi connectivity index (χ3v) is 2.87. The average Bonchev–Trinajstić information content (AvgIpc) is 2.35. The maximum atomic E-state index is 13.4. The van der Waals surface area contributed by atoms with Crippen LogP contribution in [0, 0.1) is 5.82 Å². The topological polar surface area (TPSA) is 30.5 Å². The van der Waals surface area contributed by atoms with E-state index in [-0.39, 0.29) is 16.9 Å². The lowest BCUT2D eigenvalue weighted by atomic mass is 10.2. The number of nitrogens with one attached hydrogen (secondary N) is 1. The molecule has 3 nitrogen and oxygen atoms in total. The number of alkyl halides is 1. The summed E-state index contributed by atoms with van der Waals surface area (Å²) in [6.45, 7) is 1.92. The summed E-state index contributed by atoms with van der Waals surface area (Å²) in [6, 6.07) is 4.93. The summed E-state index contributed by atoms with van der Waals surface area (Å²) < 4.78 is 23.2. The second-order valence-corrected chi connectivity index (χ2v) is 4.60. The quantitative estimate of drug-likeness (QED) is 0.584. The van der Waals surface area contributed by atoms with Crippen molar-refractivity contribution in [2.24, 2.45) is 0 Å². The molecule has 0 aliphatic carbocycles. The fourth-order valence-corrected chi connectivity index (χ4v) is 1.81. The number of ether oxygens (including phenoxy) is 2. The van der Waals surface area contributed by atoms with Gasteiger partial charge in [0.2, 0.25) is 0 Å². The highest BCUT2D eigenvalue weighted by Crippen LogP contribution is 2.17. The molecule has 0 bridgehead atoms. The van der Waals surface area contributed by atoms with Crippen LogP contribution in [0.25, 0.3) is 0 Å². The van der Waals surface area contributed by atoms with Gasteiger partial charge in [0.25, 0.3) is 0 Å². The van der Waals surface area contributed by atoms with Crippen LogP contribution in [0.3, 0.4) is 0 Å². The van der Waals surface area contributed by atoms with Crippen LogP contribution in [0.15, 0.2) is 18.2 Å². The summed E-state index contributed by atoms with van der Waals surface area (Å²) in [6.07, 6.45) is 0.814. The Labute approximate surface area is 112 Å². The first-order chi connectivity index (χ1) is 8.67. The molecule has 0 amide bonds. The van der Waals surface area contributed by atoms with Gasteiger partial charge in [0.1, 0.15) is 0 Å². The first kappa shape index (κ1) is 15.2. The Bertz CT molecular complexity index is 363. The van der Waals surface area contributed by atoms with E-state index in [2.05, 4.69) is 5.32 Å². The van der Waals surface area contributed by atoms with Crippen LogP contribution >= 0.6 is 11.6 Å². The van der Waals surface area contributed by atoms with E-state index in [4.69, 9.17) is 21.1 Å². The van der Waals surface area contributed by atoms with Crippen LogP contribution in [-0.4, -0.2) is 32.7 Å². The first-order valence-corrected chi connectivity index (χ1v) is 6.27. The van der Waals surface area contributed by atoms with Gasteiger partial charge in [-0.1, -0.05) is 6.07 Å². The third-order valence-electron chi connectivity index (χ3n) is 2.53. The second kappa shape index (κ2) is 8.29. The summed E-state index contributed by atoms with van der Waals surface area (Å²) >= 11 is 5.99. The number of hydrogen-bond donors (Lipinski definition) is 1. The Balaban J connectivity index is 2.29. The maximum Gasteiger partial charge on any atom is 0.165 e. The normalized spacial score (nSPS) is 12.4. The molecule has 0 saturated heterocycles. The molecule has 1 aromatic carbocycles. The molecule has 1 aromatic rings. The van der Waals surface area contributed by atoms with Gasteiger partial charge in [0.05, 0.1) is 19.1 Å². The summed E-state index contributed by atoms with van der Waals surface area (Å²) in [5.41, 5.74) is 0.881. The maximum absolute atomic E-state index is 13.4. The summed E-state index contributed by atoms with van der Waals surface area (Å²) in [5, 5.41) is 3.22. The summed E-state index contributed by atoms with van der Waals surface area (Å²) in [5.74, 6) is -0.0777. The third kappa shape index (κ3) is 5.21. The highest BCUT2D eigenvalue weighted by atomic mass is 35.5. The molecule has 0 radical (unpaired) electrons. The molecule has 5 heteroatoms. The molecule has 0 spiro atoms. The van der Waals surface area contributed by atoms with Gasteiger partial charge in [0, 0.05) is 13.7 Å². The van der Waals surface area contributed by atoms with Gasteiger partial charge in [-0.3, -0.25) is 0 Å². The van der Waals surface area contributed by atoms with E-state index in [1.807, 2.05) is 6.07 Å². The Kier molecular flexibility index (Phi) is 7.01. The number of halogens is 2. The Morgan fingerprint density at radius 2 is 2.17 bits per heavy atom. The molecular weight excluding hydrogens is 257 g/mol. The molecule has 0 fully saturated rings. The van der Waals surface area contributed by atoms with Gasteiger partial charge in [-0.05, 0) is 30.7 Å². The standard InChI is InChI=1S/C13H19ClFNO2/c1-17-9-11(14)5-6-16-8-10-3-4-13(18-2)12(15)7-10/h3-4,7,11,16H,5-6,8-9H2,1-2H3. The van der Waals surface area contributed by atoms with Gasteiger partial charge < -0.3 is 14.8 Å². The minimum Gasteiger partial charge on any atom is -0.494 e. The SMILES string of the molecule is COCC(Cl)CCNCc1ccc(OC)c(F)c1. The number of rotatable bonds is 8. The van der Waals surface area contributed by atoms with Gasteiger partial charge in [0.15, 0.2) is 11.6 Å². The average molecular weight is 276 g/mol. The van der Waals surface area contributed by atoms with Crippen molar-refractivity contribution in [2.45, 2.75) is 18.3 Å². The van der Waals surface area contributed by atoms with Crippen molar-refractivity contribution in [3.05, 3.63) is 29.6 Å². The molecule has 0 aromatic heterocycles. The van der Waals surface area contributed by atoms with E-state index >= 15 is 0 Å². The van der Waals surface area contributed by atoms with E-state index in [1.165, 1.54) is 13.2 Å². The summed E-state index contributed by atoms with van der Waals surface area (Å²) in [7, 11) is 3.08. The Hall–Kier alpha value is -0.840. The van der Waals surface area contributed by atoms with E-state index in [0.29, 0.717) is 13.2 Å². The van der Waals surface area contributed by atoms with E-state index in [0.717, 1.165) is 18.5 Å². The van der Waals surface area contributed by atoms with E-state index in [9.17, 15) is 4.39 Å². The molecule has 0 saturated carbocycles. The lowest BCUT2D eigenvalue weighted by Crippen LogP contribution is -2.20. The Morgan fingerprint density at radius 3 is 2.78 bits per heavy atom.